The van der Waals surface area contributed by atoms with E-state index in [1.807, 2.05) is 0 Å². The van der Waals surface area contributed by atoms with Crippen molar-refractivity contribution in [1.29, 1.82) is 0 Å². The molecule has 0 bridgehead atoms. The van der Waals surface area contributed by atoms with Gasteiger partial charge in [0.05, 0.1) is 0 Å². The van der Waals surface area contributed by atoms with Crippen LogP contribution in [0, 0.1) is 0 Å². The van der Waals surface area contributed by atoms with Crippen molar-refractivity contribution in [2.75, 3.05) is 0 Å². The second-order valence-corrected chi connectivity index (χ2v) is 122. The van der Waals surface area contributed by atoms with Crippen molar-refractivity contribution in [2.45, 2.75) is 206 Å². The van der Waals surface area contributed by atoms with Gasteiger partial charge in [0.1, 0.15) is 0 Å². The fourth-order valence-corrected chi connectivity index (χ4v) is 824. The second-order valence-electron chi connectivity index (χ2n) is 23.2. The van der Waals surface area contributed by atoms with E-state index in [1.165, 1.54) is 0 Å². The Morgan fingerprint density at radius 3 is 0.475 bits per heavy atom. The molecule has 4 rings (SSSR count). The van der Waals surface area contributed by atoms with E-state index in [4.69, 9.17) is 0 Å². The van der Waals surface area contributed by atoms with Crippen LogP contribution in [0.1, 0.15) is 166 Å². The average Bonchev–Trinajstić information content (AvgIpc) is 2.54. The highest BCUT2D eigenvalue weighted by molar-refractivity contribution is 8.76. The maximum absolute atomic E-state index is 2.92. The van der Waals surface area contributed by atoms with Crippen molar-refractivity contribution in [3.05, 3.63) is 0 Å². The Balaban J connectivity index is 2.55. The highest BCUT2D eigenvalue weighted by Gasteiger charge is 3.28. The molecule has 0 amide bonds. The number of hydrogen-bond donors (Lipinski definition) is 0. The molecule has 4 atom stereocenters. The van der Waals surface area contributed by atoms with Crippen molar-refractivity contribution in [3.63, 3.8) is 0 Å². The van der Waals surface area contributed by atoms with Crippen LogP contribution in [0.15, 0.2) is 0 Å². The Kier molecular flexibility index (Phi) is 6.61. The summed E-state index contributed by atoms with van der Waals surface area (Å²) in [6.45, 7) is 60.1. The van der Waals surface area contributed by atoms with Crippen molar-refractivity contribution >= 4 is 55.4 Å². The quantitative estimate of drug-likeness (QED) is 0.223. The van der Waals surface area contributed by atoms with Crippen LogP contribution in [0.2, 0.25) is 40.3 Å². The third kappa shape index (κ3) is 2.49. The van der Waals surface area contributed by atoms with Gasteiger partial charge in [-0.1, -0.05) is 166 Å². The lowest BCUT2D eigenvalue weighted by molar-refractivity contribution is 0.645. The molecular formula is C32H72Si8. The topological polar surface area (TPSA) is 0 Å². The molecule has 0 N–H and O–H groups in total. The Morgan fingerprint density at radius 1 is 0.250 bits per heavy atom. The van der Waals surface area contributed by atoms with E-state index >= 15 is 0 Å². The summed E-state index contributed by atoms with van der Waals surface area (Å²) in [7, 11) is -0.866. The molecule has 0 aliphatic carbocycles. The molecule has 0 saturated carbocycles. The van der Waals surface area contributed by atoms with Crippen molar-refractivity contribution < 1.29 is 0 Å². The van der Waals surface area contributed by atoms with E-state index in [0.29, 0.717) is 40.3 Å². The smallest absolute Gasteiger partial charge is 0.0302 e. The van der Waals surface area contributed by atoms with Gasteiger partial charge >= 0.3 is 0 Å². The first-order valence-electron chi connectivity index (χ1n) is 16.8. The third-order valence-electron chi connectivity index (χ3n) is 13.7. The first-order chi connectivity index (χ1) is 17.0. The largest absolute Gasteiger partial charge is 0.0633 e. The predicted octanol–water partition coefficient (Wildman–Crippen LogP) is 11.0. The molecule has 4 saturated heterocycles. The normalized spacial score (nSPS) is 42.9. The molecule has 0 nitrogen and oxygen atoms in total. The highest BCUT2D eigenvalue weighted by atomic mass is 31.0. The summed E-state index contributed by atoms with van der Waals surface area (Å²) < 4.78 is 0. The molecule has 4 heterocycles. The van der Waals surface area contributed by atoms with E-state index in [1.54, 1.807) is 0 Å². The van der Waals surface area contributed by atoms with Crippen molar-refractivity contribution in [1.82, 2.24) is 0 Å². The lowest BCUT2D eigenvalue weighted by Gasteiger charge is -3.23. The molecule has 4 aliphatic heterocycles. The van der Waals surface area contributed by atoms with Crippen LogP contribution < -0.4 is 0 Å². The number of rotatable bonds is 0. The Bertz CT molecular complexity index is 888. The van der Waals surface area contributed by atoms with Gasteiger partial charge in [-0.05, 0) is 40.3 Å². The van der Waals surface area contributed by atoms with Crippen LogP contribution in [0.3, 0.4) is 0 Å². The second kappa shape index (κ2) is 7.64. The lowest BCUT2D eigenvalue weighted by atomic mass is 10.2. The molecule has 0 aromatic heterocycles. The Morgan fingerprint density at radius 2 is 0.400 bits per heavy atom. The first kappa shape index (κ1) is 34.6. The number of fused-ring (bicyclic) bond motifs is 2. The summed E-state index contributed by atoms with van der Waals surface area (Å²) in [5.74, 6) is 0. The molecule has 0 aromatic rings. The lowest BCUT2D eigenvalue weighted by Crippen LogP contribution is -3.53. The fourth-order valence-electron chi connectivity index (χ4n) is 16.2. The third-order valence-corrected chi connectivity index (χ3v) is 330. The summed E-state index contributed by atoms with van der Waals surface area (Å²) in [5, 5.41) is 4.74. The fraction of sp³-hybridized carbons (Fsp3) is 1.00. The van der Waals surface area contributed by atoms with Crippen LogP contribution in [-0.2, 0) is 0 Å². The minimum atomic E-state index is -1.59. The zero-order valence-electron chi connectivity index (χ0n) is 32.0. The molecule has 4 unspecified atom stereocenters. The summed E-state index contributed by atoms with van der Waals surface area (Å²) in [6, 6.07) is 0. The monoisotopic (exact) mass is 680 g/mol. The molecule has 2 radical (unpaired) electrons. The SMILES string of the molecule is CC(C)(C)[Si]1[Si]2(C(C)(C)C)[Si]3(C(C)(C)C)[Si](C(C)(C)C)[Si]4(C(C)(C)C)[Si]1(C(C)(C)C)[Si]2(C(C)(C)C)[Si]34C(C)(C)C. The molecule has 4 fully saturated rings. The van der Waals surface area contributed by atoms with Crippen LogP contribution >= 0.6 is 0 Å². The molecule has 232 valence electrons. The van der Waals surface area contributed by atoms with Gasteiger partial charge < -0.3 is 0 Å². The predicted molar refractivity (Wildman–Crippen MR) is 204 cm³/mol. The van der Waals surface area contributed by atoms with Crippen LogP contribution in [0.25, 0.3) is 0 Å². The van der Waals surface area contributed by atoms with E-state index in [9.17, 15) is 0 Å². The van der Waals surface area contributed by atoms with Gasteiger partial charge in [0.15, 0.2) is 0 Å². The van der Waals surface area contributed by atoms with E-state index in [2.05, 4.69) is 166 Å². The summed E-state index contributed by atoms with van der Waals surface area (Å²) in [4.78, 5) is 0. The molecule has 0 spiro atoms. The van der Waals surface area contributed by atoms with Crippen LogP contribution in [0.4, 0.5) is 0 Å². The van der Waals surface area contributed by atoms with Gasteiger partial charge in [-0.2, -0.15) is 0 Å². The standard InChI is InChI=1S/C32H72Si8/c1-25(2,3)33-35(27(7,8)9)37(29(13,14)15)34(26(4,5)6)38(30(16,17)18)36(33,28(10,11)12)39(35,31(19,20)21)40(37,38)32(22,23)24/h1-24H3. The zero-order chi connectivity index (χ0) is 32.2. The van der Waals surface area contributed by atoms with E-state index in [-0.39, 0.29) is 0 Å². The minimum Gasteiger partial charge on any atom is -0.0633 e. The van der Waals surface area contributed by atoms with Gasteiger partial charge in [0.25, 0.3) is 0 Å². The summed E-state index contributed by atoms with van der Waals surface area (Å²) in [6.07, 6.45) is 0. The first-order valence-corrected chi connectivity index (χ1v) is 42.8. The molecule has 8 heteroatoms. The van der Waals surface area contributed by atoms with Crippen molar-refractivity contribution in [3.8, 4) is 0 Å². The van der Waals surface area contributed by atoms with E-state index in [0.717, 1.165) is 0 Å². The maximum atomic E-state index is 2.92. The van der Waals surface area contributed by atoms with Crippen LogP contribution in [0.5, 0.6) is 0 Å². The molecular weight excluding hydrogens is 609 g/mol. The minimum absolute atomic E-state index is 0.433. The Labute approximate surface area is 260 Å². The van der Waals surface area contributed by atoms with Gasteiger partial charge in [-0.3, -0.25) is 0 Å². The van der Waals surface area contributed by atoms with Gasteiger partial charge in [-0.15, -0.1) is 0 Å². The molecule has 4 aliphatic rings. The maximum Gasteiger partial charge on any atom is 0.0302 e. The zero-order valence-corrected chi connectivity index (χ0v) is 40.0. The molecule has 0 aromatic carbocycles. The Hall–Kier alpha value is 1.74. The summed E-state index contributed by atoms with van der Waals surface area (Å²) >= 11 is 0. The van der Waals surface area contributed by atoms with Crippen LogP contribution in [-0.4, -0.2) is 55.4 Å². The van der Waals surface area contributed by atoms with E-state index < -0.39 is 55.4 Å². The highest BCUT2D eigenvalue weighted by Crippen LogP contribution is 3.03. The summed E-state index contributed by atoms with van der Waals surface area (Å²) in [5.41, 5.74) is 0. The van der Waals surface area contributed by atoms with Gasteiger partial charge in [0.2, 0.25) is 0 Å². The van der Waals surface area contributed by atoms with Gasteiger partial charge in [-0.25, -0.2) is 0 Å². The average molecular weight is 682 g/mol. The van der Waals surface area contributed by atoms with Gasteiger partial charge in [0, 0.05) is 55.4 Å². The number of hydrogen-bond acceptors (Lipinski definition) is 0. The van der Waals surface area contributed by atoms with Crippen molar-refractivity contribution in [2.24, 2.45) is 0 Å². The molecule has 40 heavy (non-hydrogen) atoms.